The maximum absolute atomic E-state index is 12.3. The summed E-state index contributed by atoms with van der Waals surface area (Å²) in [5.74, 6) is 0.196. The summed E-state index contributed by atoms with van der Waals surface area (Å²) >= 11 is 1.43. The molecule has 0 fully saturated rings. The van der Waals surface area contributed by atoms with Crippen molar-refractivity contribution < 1.29 is 18.3 Å². The molecule has 4 N–H and O–H groups in total. The first-order chi connectivity index (χ1) is 9.94. The van der Waals surface area contributed by atoms with Crippen LogP contribution in [-0.4, -0.2) is 27.2 Å². The molecule has 1 aromatic heterocycles. The van der Waals surface area contributed by atoms with Crippen LogP contribution in [0.4, 0.5) is 5.69 Å². The molecule has 1 atom stereocenters. The van der Waals surface area contributed by atoms with Crippen LogP contribution in [0.25, 0.3) is 0 Å². The number of hydrogen-bond acceptors (Lipinski definition) is 6. The number of sulfonamides is 1. The molecule has 8 heteroatoms. The molecule has 0 amide bonds. The van der Waals surface area contributed by atoms with Crippen molar-refractivity contribution in [2.24, 2.45) is 0 Å². The van der Waals surface area contributed by atoms with Gasteiger partial charge in [0.1, 0.15) is 10.6 Å². The van der Waals surface area contributed by atoms with E-state index in [0.29, 0.717) is 11.3 Å². The average Bonchev–Trinajstić information content (AvgIpc) is 2.99. The van der Waals surface area contributed by atoms with Crippen LogP contribution in [0.15, 0.2) is 39.9 Å². The zero-order valence-electron chi connectivity index (χ0n) is 11.3. The van der Waals surface area contributed by atoms with E-state index in [-0.39, 0.29) is 17.2 Å². The van der Waals surface area contributed by atoms with Gasteiger partial charge in [-0.2, -0.15) is 11.3 Å². The molecule has 21 heavy (non-hydrogen) atoms. The van der Waals surface area contributed by atoms with E-state index in [0.717, 1.165) is 0 Å². The third kappa shape index (κ3) is 3.73. The number of nitrogen functional groups attached to an aromatic ring is 1. The van der Waals surface area contributed by atoms with Crippen LogP contribution in [0.5, 0.6) is 5.75 Å². The van der Waals surface area contributed by atoms with Gasteiger partial charge in [-0.15, -0.1) is 0 Å². The van der Waals surface area contributed by atoms with E-state index in [1.54, 1.807) is 17.5 Å². The van der Waals surface area contributed by atoms with Crippen LogP contribution < -0.4 is 15.2 Å². The van der Waals surface area contributed by atoms with E-state index >= 15 is 0 Å². The highest BCUT2D eigenvalue weighted by molar-refractivity contribution is 7.89. The van der Waals surface area contributed by atoms with E-state index < -0.39 is 16.1 Å². The predicted octanol–water partition coefficient (Wildman–Crippen LogP) is 1.35. The van der Waals surface area contributed by atoms with E-state index in [1.807, 2.05) is 5.38 Å². The third-order valence-electron chi connectivity index (χ3n) is 2.87. The molecule has 1 unspecified atom stereocenters. The maximum atomic E-state index is 12.3. The Morgan fingerprint density at radius 2 is 2.19 bits per heavy atom. The van der Waals surface area contributed by atoms with Crippen molar-refractivity contribution in [2.45, 2.75) is 11.0 Å². The molecule has 0 radical (unpaired) electrons. The van der Waals surface area contributed by atoms with Gasteiger partial charge in [0.2, 0.25) is 10.0 Å². The SMILES string of the molecule is COc1ccc(N)cc1S(=O)(=O)NCC(O)c1ccsc1. The number of ether oxygens (including phenoxy) is 1. The Kier molecular flexibility index (Phi) is 4.84. The van der Waals surface area contributed by atoms with Gasteiger partial charge in [0, 0.05) is 12.2 Å². The number of aliphatic hydroxyl groups is 1. The Morgan fingerprint density at radius 1 is 1.43 bits per heavy atom. The number of methoxy groups -OCH3 is 1. The molecule has 0 aliphatic carbocycles. The van der Waals surface area contributed by atoms with Gasteiger partial charge >= 0.3 is 0 Å². The highest BCUT2D eigenvalue weighted by Crippen LogP contribution is 2.26. The Hall–Kier alpha value is -1.61. The number of nitrogens with one attached hydrogen (secondary N) is 1. The molecular weight excluding hydrogens is 312 g/mol. The van der Waals surface area contributed by atoms with Gasteiger partial charge in [-0.05, 0) is 40.6 Å². The highest BCUT2D eigenvalue weighted by Gasteiger charge is 2.21. The largest absolute Gasteiger partial charge is 0.495 e. The van der Waals surface area contributed by atoms with E-state index in [2.05, 4.69) is 4.72 Å². The lowest BCUT2D eigenvalue weighted by atomic mass is 10.2. The van der Waals surface area contributed by atoms with Crippen LogP contribution >= 0.6 is 11.3 Å². The fourth-order valence-electron chi connectivity index (χ4n) is 1.75. The molecule has 0 spiro atoms. The standard InChI is InChI=1S/C13H16N2O4S2/c1-19-12-3-2-10(14)6-13(12)21(17,18)15-7-11(16)9-4-5-20-8-9/h2-6,8,11,15-16H,7,14H2,1H3. The number of benzene rings is 1. The molecule has 0 saturated heterocycles. The lowest BCUT2D eigenvalue weighted by Gasteiger charge is -2.13. The van der Waals surface area contributed by atoms with Crippen LogP contribution in [0.3, 0.4) is 0 Å². The average molecular weight is 328 g/mol. The quantitative estimate of drug-likeness (QED) is 0.695. The van der Waals surface area contributed by atoms with Crippen molar-refractivity contribution in [1.82, 2.24) is 4.72 Å². The number of rotatable bonds is 6. The Morgan fingerprint density at radius 3 is 2.81 bits per heavy atom. The number of hydrogen-bond donors (Lipinski definition) is 3. The second-order valence-corrected chi connectivity index (χ2v) is 6.85. The van der Waals surface area contributed by atoms with Gasteiger partial charge in [-0.3, -0.25) is 0 Å². The molecule has 0 aliphatic heterocycles. The van der Waals surface area contributed by atoms with Crippen molar-refractivity contribution in [3.8, 4) is 5.75 Å². The summed E-state index contributed by atoms with van der Waals surface area (Å²) in [4.78, 5) is -0.0532. The Bertz CT molecular complexity index is 699. The molecule has 114 valence electrons. The first-order valence-corrected chi connectivity index (χ1v) is 8.50. The van der Waals surface area contributed by atoms with Crippen LogP contribution in [-0.2, 0) is 10.0 Å². The lowest BCUT2D eigenvalue weighted by molar-refractivity contribution is 0.182. The minimum Gasteiger partial charge on any atom is -0.495 e. The van der Waals surface area contributed by atoms with Crippen molar-refractivity contribution in [3.63, 3.8) is 0 Å². The highest BCUT2D eigenvalue weighted by atomic mass is 32.2. The van der Waals surface area contributed by atoms with Crippen LogP contribution in [0, 0.1) is 0 Å². The summed E-state index contributed by atoms with van der Waals surface area (Å²) in [6, 6.07) is 6.10. The first kappa shape index (κ1) is 15.8. The van der Waals surface area contributed by atoms with Gasteiger partial charge in [0.05, 0.1) is 13.2 Å². The van der Waals surface area contributed by atoms with Gasteiger partial charge in [-0.1, -0.05) is 0 Å². The summed E-state index contributed by atoms with van der Waals surface area (Å²) < 4.78 is 32.0. The fraction of sp³-hybridized carbons (Fsp3) is 0.231. The summed E-state index contributed by atoms with van der Waals surface area (Å²) in [6.45, 7) is -0.128. The molecule has 6 nitrogen and oxygen atoms in total. The number of aliphatic hydroxyl groups excluding tert-OH is 1. The van der Waals surface area contributed by atoms with Crippen molar-refractivity contribution in [1.29, 1.82) is 0 Å². The minimum atomic E-state index is -3.82. The van der Waals surface area contributed by atoms with E-state index in [1.165, 1.54) is 30.6 Å². The molecule has 0 bridgehead atoms. The second-order valence-electron chi connectivity index (χ2n) is 4.33. The van der Waals surface area contributed by atoms with Crippen molar-refractivity contribution in [2.75, 3.05) is 19.4 Å². The Balaban J connectivity index is 2.17. The van der Waals surface area contributed by atoms with Crippen molar-refractivity contribution in [3.05, 3.63) is 40.6 Å². The number of nitrogens with two attached hydrogens (primary N) is 1. The Labute approximate surface area is 127 Å². The van der Waals surface area contributed by atoms with Gasteiger partial charge in [-0.25, -0.2) is 13.1 Å². The summed E-state index contributed by atoms with van der Waals surface area (Å²) in [5, 5.41) is 13.5. The third-order valence-corrected chi connectivity index (χ3v) is 5.02. The second kappa shape index (κ2) is 6.44. The zero-order valence-corrected chi connectivity index (χ0v) is 12.9. The number of anilines is 1. The van der Waals surface area contributed by atoms with Crippen LogP contribution in [0.2, 0.25) is 0 Å². The van der Waals surface area contributed by atoms with Gasteiger partial charge < -0.3 is 15.6 Å². The fourth-order valence-corrected chi connectivity index (χ4v) is 3.70. The molecule has 1 aromatic carbocycles. The summed E-state index contributed by atoms with van der Waals surface area (Å²) in [7, 11) is -2.44. The number of thiophene rings is 1. The van der Waals surface area contributed by atoms with Gasteiger partial charge in [0.25, 0.3) is 0 Å². The lowest BCUT2D eigenvalue weighted by Crippen LogP contribution is -2.28. The summed E-state index contributed by atoms with van der Waals surface area (Å²) in [6.07, 6.45) is -0.905. The van der Waals surface area contributed by atoms with E-state index in [4.69, 9.17) is 10.5 Å². The van der Waals surface area contributed by atoms with Crippen molar-refractivity contribution >= 4 is 27.0 Å². The smallest absolute Gasteiger partial charge is 0.244 e. The van der Waals surface area contributed by atoms with Gasteiger partial charge in [0.15, 0.2) is 0 Å². The predicted molar refractivity (Wildman–Crippen MR) is 81.9 cm³/mol. The minimum absolute atomic E-state index is 0.0532. The molecule has 2 aromatic rings. The molecule has 0 saturated carbocycles. The normalized spacial score (nSPS) is 13.0. The molecule has 0 aliphatic rings. The molecular formula is C13H16N2O4S2. The van der Waals surface area contributed by atoms with Crippen LogP contribution in [0.1, 0.15) is 11.7 Å². The topological polar surface area (TPSA) is 102 Å². The molecule has 2 rings (SSSR count). The maximum Gasteiger partial charge on any atom is 0.244 e. The monoisotopic (exact) mass is 328 g/mol. The summed E-state index contributed by atoms with van der Waals surface area (Å²) in [5.41, 5.74) is 6.60. The zero-order chi connectivity index (χ0) is 15.5. The molecule has 1 heterocycles. The first-order valence-electron chi connectivity index (χ1n) is 6.07. The van der Waals surface area contributed by atoms with E-state index in [9.17, 15) is 13.5 Å².